The molecule has 1 aromatic carbocycles. The van der Waals surface area contributed by atoms with Gasteiger partial charge in [0.25, 0.3) is 0 Å². The molecule has 0 spiro atoms. The first-order valence-corrected chi connectivity index (χ1v) is 8.30. The summed E-state index contributed by atoms with van der Waals surface area (Å²) in [4.78, 5) is 22.0. The smallest absolute Gasteiger partial charge is 0.213 e. The Morgan fingerprint density at radius 2 is 2.17 bits per heavy atom. The van der Waals surface area contributed by atoms with E-state index in [9.17, 15) is 4.79 Å². The molecule has 2 aromatic rings. The third kappa shape index (κ3) is 4.32. The highest BCUT2D eigenvalue weighted by molar-refractivity contribution is 7.81. The molecule has 7 heteroatoms. The number of imidazole rings is 1. The van der Waals surface area contributed by atoms with Crippen molar-refractivity contribution in [3.63, 3.8) is 0 Å². The van der Waals surface area contributed by atoms with Crippen molar-refractivity contribution in [1.82, 2.24) is 14.9 Å². The number of Topliss-reactive ketones (excluding diaryl/α,β-unsaturated/α-hetero) is 1. The van der Waals surface area contributed by atoms with Crippen LogP contribution in [-0.2, 0) is 9.47 Å². The molecule has 1 aromatic heterocycles. The van der Waals surface area contributed by atoms with Gasteiger partial charge in [-0.1, -0.05) is 12.1 Å². The van der Waals surface area contributed by atoms with E-state index >= 15 is 0 Å². The largest absolute Gasteiger partial charge is 0.379 e. The lowest BCUT2D eigenvalue weighted by Crippen LogP contribution is -2.38. The standard InChI is InChI=1S/C16H21N3O3S/c20-15(16-17-12-3-1-2-4-13(12)18-16)14(23)11-22-10-7-19-5-8-21-9-6-19/h1-4,14,23H,5-11H2,(H,17,18). The molecule has 1 aliphatic rings. The van der Waals surface area contributed by atoms with Gasteiger partial charge in [-0.2, -0.15) is 12.6 Å². The van der Waals surface area contributed by atoms with Crippen LogP contribution >= 0.6 is 12.6 Å². The van der Waals surface area contributed by atoms with Crippen LogP contribution in [0.2, 0.25) is 0 Å². The number of H-pyrrole nitrogens is 1. The van der Waals surface area contributed by atoms with E-state index in [4.69, 9.17) is 9.47 Å². The van der Waals surface area contributed by atoms with Gasteiger partial charge in [-0.25, -0.2) is 4.98 Å². The van der Waals surface area contributed by atoms with Crippen molar-refractivity contribution < 1.29 is 14.3 Å². The number of benzene rings is 1. The number of rotatable bonds is 7. The number of carbonyl (C=O) groups excluding carboxylic acids is 1. The van der Waals surface area contributed by atoms with E-state index in [1.807, 2.05) is 24.3 Å². The summed E-state index contributed by atoms with van der Waals surface area (Å²) < 4.78 is 10.9. The average Bonchev–Trinajstić information content (AvgIpc) is 3.03. The lowest BCUT2D eigenvalue weighted by molar-refractivity contribution is 0.0207. The van der Waals surface area contributed by atoms with Crippen molar-refractivity contribution in [2.45, 2.75) is 5.25 Å². The van der Waals surface area contributed by atoms with Gasteiger partial charge in [0.2, 0.25) is 5.78 Å². The molecular formula is C16H21N3O3S. The number of hydrogen-bond donors (Lipinski definition) is 2. The summed E-state index contributed by atoms with van der Waals surface area (Å²) in [7, 11) is 0. The van der Waals surface area contributed by atoms with E-state index in [1.54, 1.807) is 0 Å². The van der Waals surface area contributed by atoms with Gasteiger partial charge in [-0.05, 0) is 12.1 Å². The minimum Gasteiger partial charge on any atom is -0.379 e. The van der Waals surface area contributed by atoms with Crippen molar-refractivity contribution in [3.05, 3.63) is 30.1 Å². The second-order valence-electron chi connectivity index (χ2n) is 5.51. The summed E-state index contributed by atoms with van der Waals surface area (Å²) in [6.07, 6.45) is 0. The van der Waals surface area contributed by atoms with Gasteiger partial charge in [0.05, 0.1) is 42.7 Å². The average molecular weight is 335 g/mol. The maximum Gasteiger partial charge on any atom is 0.213 e. The first kappa shape index (κ1) is 16.4. The Kier molecular flexibility index (Phi) is 5.66. The summed E-state index contributed by atoms with van der Waals surface area (Å²) in [5.41, 5.74) is 1.63. The number of aromatic nitrogens is 2. The highest BCUT2D eigenvalue weighted by Crippen LogP contribution is 2.13. The number of nitrogens with zero attached hydrogens (tertiary/aromatic N) is 2. The zero-order valence-corrected chi connectivity index (χ0v) is 13.8. The molecule has 0 saturated carbocycles. The number of carbonyl (C=O) groups is 1. The SMILES string of the molecule is O=C(c1nc2ccccc2[nH]1)C(S)COCCN1CCOCC1. The number of aromatic amines is 1. The van der Waals surface area contributed by atoms with Crippen LogP contribution < -0.4 is 0 Å². The van der Waals surface area contributed by atoms with E-state index in [0.717, 1.165) is 43.9 Å². The minimum absolute atomic E-state index is 0.143. The Morgan fingerprint density at radius 3 is 2.96 bits per heavy atom. The van der Waals surface area contributed by atoms with Crippen LogP contribution in [0.4, 0.5) is 0 Å². The lowest BCUT2D eigenvalue weighted by atomic mass is 10.3. The number of para-hydroxylation sites is 2. The summed E-state index contributed by atoms with van der Waals surface area (Å²) in [6, 6.07) is 7.56. The maximum atomic E-state index is 12.3. The monoisotopic (exact) mass is 335 g/mol. The molecule has 2 heterocycles. The molecule has 6 nitrogen and oxygen atoms in total. The van der Waals surface area contributed by atoms with Gasteiger partial charge in [0, 0.05) is 19.6 Å². The van der Waals surface area contributed by atoms with Crippen molar-refractivity contribution >= 4 is 29.4 Å². The molecule has 0 amide bonds. The van der Waals surface area contributed by atoms with Crippen molar-refractivity contribution in [3.8, 4) is 0 Å². The molecule has 124 valence electrons. The molecule has 0 bridgehead atoms. The molecule has 1 N–H and O–H groups in total. The van der Waals surface area contributed by atoms with E-state index in [-0.39, 0.29) is 12.4 Å². The summed E-state index contributed by atoms with van der Waals surface area (Å²) in [6.45, 7) is 5.15. The Balaban J connectivity index is 1.45. The number of morpholine rings is 1. The second-order valence-corrected chi connectivity index (χ2v) is 6.13. The number of fused-ring (bicyclic) bond motifs is 1. The number of thiol groups is 1. The highest BCUT2D eigenvalue weighted by atomic mass is 32.1. The molecule has 1 saturated heterocycles. The molecule has 1 aliphatic heterocycles. The van der Waals surface area contributed by atoms with Gasteiger partial charge in [0.1, 0.15) is 0 Å². The zero-order chi connectivity index (χ0) is 16.1. The lowest BCUT2D eigenvalue weighted by Gasteiger charge is -2.26. The number of nitrogens with one attached hydrogen (secondary N) is 1. The van der Waals surface area contributed by atoms with Gasteiger partial charge >= 0.3 is 0 Å². The van der Waals surface area contributed by atoms with Crippen LogP contribution in [-0.4, -0.2) is 72.0 Å². The molecule has 1 unspecified atom stereocenters. The second kappa shape index (κ2) is 7.92. The van der Waals surface area contributed by atoms with E-state index < -0.39 is 5.25 Å². The van der Waals surface area contributed by atoms with Crippen molar-refractivity contribution in [2.75, 3.05) is 46.1 Å². The van der Waals surface area contributed by atoms with Crippen LogP contribution in [0.5, 0.6) is 0 Å². The fourth-order valence-corrected chi connectivity index (χ4v) is 2.74. The Bertz CT molecular complexity index is 622. The Labute approximate surface area is 140 Å². The molecule has 0 radical (unpaired) electrons. The predicted molar refractivity (Wildman–Crippen MR) is 91.3 cm³/mol. The van der Waals surface area contributed by atoms with Crippen LogP contribution in [0.15, 0.2) is 24.3 Å². The molecule has 1 atom stereocenters. The van der Waals surface area contributed by atoms with Crippen molar-refractivity contribution in [1.29, 1.82) is 0 Å². The summed E-state index contributed by atoms with van der Waals surface area (Å²) in [5, 5.41) is -0.514. The maximum absolute atomic E-state index is 12.3. The predicted octanol–water partition coefficient (Wildman–Crippen LogP) is 1.39. The number of ketones is 1. The van der Waals surface area contributed by atoms with Gasteiger partial charge in [0.15, 0.2) is 5.82 Å². The Morgan fingerprint density at radius 1 is 1.39 bits per heavy atom. The quantitative estimate of drug-likeness (QED) is 0.455. The summed E-state index contributed by atoms with van der Waals surface area (Å²) in [5.74, 6) is 0.193. The molecule has 1 fully saturated rings. The summed E-state index contributed by atoms with van der Waals surface area (Å²) >= 11 is 4.35. The highest BCUT2D eigenvalue weighted by Gasteiger charge is 2.20. The van der Waals surface area contributed by atoms with Gasteiger partial charge in [-0.15, -0.1) is 0 Å². The molecule has 23 heavy (non-hydrogen) atoms. The third-order valence-electron chi connectivity index (χ3n) is 3.86. The number of ether oxygens (including phenoxy) is 2. The minimum atomic E-state index is -0.514. The third-order valence-corrected chi connectivity index (χ3v) is 4.24. The van der Waals surface area contributed by atoms with E-state index in [2.05, 4.69) is 27.5 Å². The first-order chi connectivity index (χ1) is 11.2. The topological polar surface area (TPSA) is 67.5 Å². The van der Waals surface area contributed by atoms with Crippen LogP contribution in [0.1, 0.15) is 10.6 Å². The fourth-order valence-electron chi connectivity index (χ4n) is 2.52. The number of hydrogen-bond acceptors (Lipinski definition) is 6. The van der Waals surface area contributed by atoms with Crippen LogP contribution in [0, 0.1) is 0 Å². The Hall–Kier alpha value is -1.41. The fraction of sp³-hybridized carbons (Fsp3) is 0.500. The van der Waals surface area contributed by atoms with E-state index in [1.165, 1.54) is 0 Å². The van der Waals surface area contributed by atoms with Gasteiger partial charge < -0.3 is 14.5 Å². The van der Waals surface area contributed by atoms with Crippen LogP contribution in [0.25, 0.3) is 11.0 Å². The van der Waals surface area contributed by atoms with Crippen LogP contribution in [0.3, 0.4) is 0 Å². The van der Waals surface area contributed by atoms with Crippen molar-refractivity contribution in [2.24, 2.45) is 0 Å². The zero-order valence-electron chi connectivity index (χ0n) is 12.9. The molecule has 3 rings (SSSR count). The van der Waals surface area contributed by atoms with E-state index in [0.29, 0.717) is 12.4 Å². The first-order valence-electron chi connectivity index (χ1n) is 7.79. The van der Waals surface area contributed by atoms with Gasteiger partial charge in [-0.3, -0.25) is 9.69 Å². The molecular weight excluding hydrogens is 314 g/mol. The molecule has 0 aliphatic carbocycles. The normalized spacial score (nSPS) is 17.4.